The lowest BCUT2D eigenvalue weighted by molar-refractivity contribution is 0.138. The van der Waals surface area contributed by atoms with Crippen molar-refractivity contribution in [3.05, 3.63) is 22.8 Å². The molecule has 0 amide bonds. The van der Waals surface area contributed by atoms with Gasteiger partial charge >= 0.3 is 8.80 Å². The van der Waals surface area contributed by atoms with Crippen LogP contribution in [0.3, 0.4) is 0 Å². The highest BCUT2D eigenvalue weighted by atomic mass is 28.4. The van der Waals surface area contributed by atoms with Crippen LogP contribution in [-0.4, -0.2) is 80.3 Å². The van der Waals surface area contributed by atoms with Gasteiger partial charge in [0.2, 0.25) is 0 Å². The van der Waals surface area contributed by atoms with Crippen LogP contribution in [0, 0.1) is 0 Å². The molecule has 0 aliphatic heterocycles. The Kier molecular flexibility index (Phi) is 9.08. The van der Waals surface area contributed by atoms with Crippen LogP contribution in [0.4, 0.5) is 0 Å². The largest absolute Gasteiger partial charge is 0.528 e. The Morgan fingerprint density at radius 1 is 0.714 bits per heavy atom. The van der Waals surface area contributed by atoms with E-state index in [4.69, 9.17) is 13.3 Å². The summed E-state index contributed by atoms with van der Waals surface area (Å²) in [6.45, 7) is 4.21. The van der Waals surface area contributed by atoms with Crippen molar-refractivity contribution in [2.45, 2.75) is 13.1 Å². The third-order valence-corrected chi connectivity index (χ3v) is 11.1. The van der Waals surface area contributed by atoms with E-state index >= 15 is 0 Å². The van der Waals surface area contributed by atoms with Crippen LogP contribution in [0.2, 0.25) is 13.1 Å². The van der Waals surface area contributed by atoms with Crippen molar-refractivity contribution >= 4 is 25.0 Å². The number of aliphatic hydroxyl groups excluding tert-OH is 3. The molecule has 0 atom stereocenters. The fourth-order valence-electron chi connectivity index (χ4n) is 1.53. The molecule has 0 saturated carbocycles. The maximum absolute atomic E-state index is 9.38. The molecule has 0 saturated heterocycles. The van der Waals surface area contributed by atoms with E-state index in [2.05, 4.69) is 13.1 Å². The number of hydrogen-bond acceptors (Lipinski definition) is 6. The standard InChI is InChI=1S/C12H28O6Si3/c1-16-21(17-2,18-3)9-7-19(4,5)6-8-20(10-13,11-14)12-15/h6-9,13-15H,10-12H2,1-5H3. The van der Waals surface area contributed by atoms with Crippen LogP contribution in [0.25, 0.3) is 0 Å². The molecule has 0 fully saturated rings. The molecule has 3 N–H and O–H groups in total. The van der Waals surface area contributed by atoms with Gasteiger partial charge in [0.1, 0.15) is 0 Å². The molecule has 124 valence electrons. The van der Waals surface area contributed by atoms with Crippen molar-refractivity contribution in [1.29, 1.82) is 0 Å². The van der Waals surface area contributed by atoms with Crippen LogP contribution in [0.1, 0.15) is 0 Å². The summed E-state index contributed by atoms with van der Waals surface area (Å²) in [4.78, 5) is 0. The molecule has 0 radical (unpaired) electrons. The van der Waals surface area contributed by atoms with E-state index in [9.17, 15) is 15.3 Å². The normalized spacial score (nSPS) is 14.5. The lowest BCUT2D eigenvalue weighted by Crippen LogP contribution is -2.47. The number of aliphatic hydroxyl groups is 3. The zero-order valence-electron chi connectivity index (χ0n) is 13.5. The summed E-state index contributed by atoms with van der Waals surface area (Å²) in [6.07, 6.45) is -0.507. The molecule has 21 heavy (non-hydrogen) atoms. The van der Waals surface area contributed by atoms with E-state index in [1.54, 1.807) is 21.3 Å². The van der Waals surface area contributed by atoms with E-state index in [0.29, 0.717) is 0 Å². The van der Waals surface area contributed by atoms with Crippen LogP contribution in [-0.2, 0) is 13.3 Å². The van der Waals surface area contributed by atoms with Gasteiger partial charge in [0.15, 0.2) is 8.07 Å². The number of rotatable bonds is 10. The van der Waals surface area contributed by atoms with Gasteiger partial charge in [0.25, 0.3) is 0 Å². The van der Waals surface area contributed by atoms with E-state index in [1.165, 1.54) is 0 Å². The quantitative estimate of drug-likeness (QED) is 0.475. The van der Waals surface area contributed by atoms with E-state index in [1.807, 2.05) is 22.8 Å². The molecule has 0 aliphatic rings. The second-order valence-corrected chi connectivity index (χ2v) is 16.6. The topological polar surface area (TPSA) is 88.4 Å². The third-order valence-electron chi connectivity index (χ3n) is 3.38. The maximum Gasteiger partial charge on any atom is 0.528 e. The van der Waals surface area contributed by atoms with Gasteiger partial charge in [-0.05, 0) is 5.70 Å². The summed E-state index contributed by atoms with van der Waals surface area (Å²) >= 11 is 0. The Balaban J connectivity index is 5.14. The second kappa shape index (κ2) is 9.12. The maximum atomic E-state index is 9.38. The first-order chi connectivity index (χ1) is 9.78. The predicted molar refractivity (Wildman–Crippen MR) is 89.6 cm³/mol. The minimum atomic E-state index is -2.74. The molecule has 0 heterocycles. The van der Waals surface area contributed by atoms with Crippen LogP contribution >= 0.6 is 0 Å². The lowest BCUT2D eigenvalue weighted by atomic mass is 11.2. The zero-order chi connectivity index (χ0) is 16.6. The van der Waals surface area contributed by atoms with Gasteiger partial charge in [-0.15, -0.1) is 0 Å². The molecule has 0 bridgehead atoms. The summed E-state index contributed by atoms with van der Waals surface area (Å²) in [6, 6.07) is 0. The van der Waals surface area contributed by atoms with E-state index in [0.717, 1.165) is 0 Å². The number of hydrogen-bond donors (Lipinski definition) is 3. The van der Waals surface area contributed by atoms with Crippen LogP contribution < -0.4 is 0 Å². The Hall–Kier alpha value is -0.109. The molecular formula is C12H28O6Si3. The highest BCUT2D eigenvalue weighted by molar-refractivity contribution is 6.91. The summed E-state index contributed by atoms with van der Waals surface area (Å²) in [5.41, 5.74) is 7.73. The Morgan fingerprint density at radius 2 is 1.10 bits per heavy atom. The smallest absolute Gasteiger partial charge is 0.399 e. The highest BCUT2D eigenvalue weighted by Gasteiger charge is 2.35. The Morgan fingerprint density at radius 3 is 1.43 bits per heavy atom. The average Bonchev–Trinajstić information content (AvgIpc) is 2.51. The molecule has 0 aromatic heterocycles. The van der Waals surface area contributed by atoms with Crippen molar-refractivity contribution < 1.29 is 28.6 Å². The van der Waals surface area contributed by atoms with E-state index < -0.39 is 25.0 Å². The molecule has 0 spiro atoms. The molecule has 9 heteroatoms. The van der Waals surface area contributed by atoms with Crippen molar-refractivity contribution in [3.63, 3.8) is 0 Å². The van der Waals surface area contributed by atoms with Gasteiger partial charge in [-0.2, -0.15) is 0 Å². The minimum Gasteiger partial charge on any atom is -0.399 e. The summed E-state index contributed by atoms with van der Waals surface area (Å²) in [5, 5.41) is 28.1. The first-order valence-corrected chi connectivity index (χ1v) is 14.3. The van der Waals surface area contributed by atoms with Crippen molar-refractivity contribution in [2.24, 2.45) is 0 Å². The van der Waals surface area contributed by atoms with Crippen molar-refractivity contribution in [1.82, 2.24) is 0 Å². The average molecular weight is 353 g/mol. The van der Waals surface area contributed by atoms with Gasteiger partial charge in [-0.3, -0.25) is 0 Å². The molecule has 0 aliphatic carbocycles. The van der Waals surface area contributed by atoms with E-state index in [-0.39, 0.29) is 18.7 Å². The summed E-state index contributed by atoms with van der Waals surface area (Å²) in [5.74, 6) is 0. The van der Waals surface area contributed by atoms with Crippen molar-refractivity contribution in [2.75, 3.05) is 40.0 Å². The first-order valence-electron chi connectivity index (χ1n) is 6.67. The van der Waals surface area contributed by atoms with Gasteiger partial charge < -0.3 is 28.6 Å². The molecule has 0 aromatic rings. The first kappa shape index (κ1) is 20.9. The molecule has 6 nitrogen and oxygen atoms in total. The molecule has 0 unspecified atom stereocenters. The fraction of sp³-hybridized carbons (Fsp3) is 0.667. The SMILES string of the molecule is CO[Si](C=C[Si](C)(C)C=C[Si](CO)(CO)CO)(OC)OC. The second-order valence-electron chi connectivity index (χ2n) is 5.54. The van der Waals surface area contributed by atoms with Crippen molar-refractivity contribution in [3.8, 4) is 0 Å². The third kappa shape index (κ3) is 6.26. The molecular weight excluding hydrogens is 324 g/mol. The summed E-state index contributed by atoms with van der Waals surface area (Å²) < 4.78 is 16.0. The lowest BCUT2D eigenvalue weighted by Gasteiger charge is -2.24. The van der Waals surface area contributed by atoms with Crippen LogP contribution in [0.15, 0.2) is 22.8 Å². The molecule has 0 aromatic carbocycles. The molecule has 0 rings (SSSR count). The van der Waals surface area contributed by atoms with Crippen LogP contribution in [0.5, 0.6) is 0 Å². The van der Waals surface area contributed by atoms with Gasteiger partial charge in [-0.25, -0.2) is 0 Å². The summed E-state index contributed by atoms with van der Waals surface area (Å²) in [7, 11) is -2.50. The Labute approximate surface area is 130 Å². The monoisotopic (exact) mass is 352 g/mol. The Bertz CT molecular complexity index is 302. The van der Waals surface area contributed by atoms with Gasteiger partial charge in [0.05, 0.1) is 8.07 Å². The van der Waals surface area contributed by atoms with Gasteiger partial charge in [-0.1, -0.05) is 30.2 Å². The minimum absolute atomic E-state index is 0.169. The highest BCUT2D eigenvalue weighted by Crippen LogP contribution is 2.14. The zero-order valence-corrected chi connectivity index (χ0v) is 16.5. The fourth-order valence-corrected chi connectivity index (χ4v) is 8.83. The predicted octanol–water partition coefficient (Wildman–Crippen LogP) is -0.115. The van der Waals surface area contributed by atoms with Gasteiger partial charge in [0, 0.05) is 40.0 Å².